The molecule has 1 aliphatic rings. The number of amides is 1. The number of hydrogen-bond acceptors (Lipinski definition) is 6. The van der Waals surface area contributed by atoms with Crippen molar-refractivity contribution in [1.29, 1.82) is 0 Å². The Kier molecular flexibility index (Phi) is 9.31. The van der Waals surface area contributed by atoms with E-state index in [2.05, 4.69) is 57.8 Å². The molecule has 0 bridgehead atoms. The molecule has 1 fully saturated rings. The highest BCUT2D eigenvalue weighted by molar-refractivity contribution is 14.1. The van der Waals surface area contributed by atoms with Gasteiger partial charge in [0, 0.05) is 38.3 Å². The first-order valence-electron chi connectivity index (χ1n) is 12.5. The zero-order valence-electron chi connectivity index (χ0n) is 22.1. The molecule has 0 radical (unpaired) electrons. The summed E-state index contributed by atoms with van der Waals surface area (Å²) in [6, 6.07) is 3.19. The van der Waals surface area contributed by atoms with E-state index in [-0.39, 0.29) is 17.6 Å². The number of rotatable bonds is 9. The van der Waals surface area contributed by atoms with Crippen molar-refractivity contribution in [2.45, 2.75) is 96.6 Å². The molecule has 2 aromatic heterocycles. The maximum Gasteiger partial charge on any atom is 0.407 e. The average Bonchev–Trinajstić information content (AvgIpc) is 3.06. The number of fused-ring (bicyclic) bond motifs is 1. The van der Waals surface area contributed by atoms with Gasteiger partial charge in [0.1, 0.15) is 23.5 Å². The Morgan fingerprint density at radius 2 is 1.83 bits per heavy atom. The van der Waals surface area contributed by atoms with E-state index in [4.69, 9.17) is 9.47 Å². The minimum Gasteiger partial charge on any atom is -0.478 e. The topological polar surface area (TPSA) is 115 Å². The van der Waals surface area contributed by atoms with Crippen molar-refractivity contribution < 1.29 is 24.2 Å². The normalized spacial score (nSPS) is 18.8. The summed E-state index contributed by atoms with van der Waals surface area (Å²) in [7, 11) is -1.18. The Labute approximate surface area is 227 Å². The van der Waals surface area contributed by atoms with Gasteiger partial charge in [-0.25, -0.2) is 14.6 Å². The second kappa shape index (κ2) is 11.7. The standard InChI is InChI=1S/C25H39IN4O5Si/c1-25(2,3)35-24(33)29-17-9-7-16(8-10-17)28-21-18-13-20(26)30(15-34-11-12-36(4,5)6)22(18)27-14-19(21)23(31)32/h13-14,16-17H,7-12,15H2,1-6H3,(H,27,28)(H,29,33)(H,31,32). The average molecular weight is 631 g/mol. The Balaban J connectivity index is 1.71. The highest BCUT2D eigenvalue weighted by Gasteiger charge is 2.27. The van der Waals surface area contributed by atoms with E-state index in [0.717, 1.165) is 40.8 Å². The number of nitrogens with zero attached hydrogens (tertiary/aromatic N) is 2. The van der Waals surface area contributed by atoms with Gasteiger partial charge in [-0.2, -0.15) is 0 Å². The second-order valence-corrected chi connectivity index (χ2v) is 18.4. The van der Waals surface area contributed by atoms with Crippen molar-refractivity contribution in [1.82, 2.24) is 14.9 Å². The lowest BCUT2D eigenvalue weighted by Gasteiger charge is -2.31. The molecular weight excluding hydrogens is 591 g/mol. The molecule has 9 nitrogen and oxygen atoms in total. The molecule has 0 spiro atoms. The smallest absolute Gasteiger partial charge is 0.407 e. The first kappa shape index (κ1) is 28.7. The van der Waals surface area contributed by atoms with Crippen LogP contribution in [0.5, 0.6) is 0 Å². The third kappa shape index (κ3) is 8.07. The van der Waals surface area contributed by atoms with Crippen molar-refractivity contribution in [3.05, 3.63) is 21.5 Å². The van der Waals surface area contributed by atoms with E-state index in [1.807, 2.05) is 31.4 Å². The maximum atomic E-state index is 12.1. The summed E-state index contributed by atoms with van der Waals surface area (Å²) < 4.78 is 14.3. The number of pyridine rings is 1. The molecule has 0 atom stereocenters. The fraction of sp³-hybridized carbons (Fsp3) is 0.640. The summed E-state index contributed by atoms with van der Waals surface area (Å²) in [4.78, 5) is 28.6. The van der Waals surface area contributed by atoms with E-state index in [0.29, 0.717) is 24.7 Å². The van der Waals surface area contributed by atoms with Crippen LogP contribution in [0, 0.1) is 3.70 Å². The number of ether oxygens (including phenoxy) is 2. The molecule has 3 rings (SSSR count). The van der Waals surface area contributed by atoms with Crippen molar-refractivity contribution >= 4 is 59.4 Å². The van der Waals surface area contributed by atoms with Gasteiger partial charge < -0.3 is 25.2 Å². The molecule has 1 amide bonds. The van der Waals surface area contributed by atoms with E-state index >= 15 is 0 Å². The van der Waals surface area contributed by atoms with Gasteiger partial charge >= 0.3 is 12.1 Å². The largest absolute Gasteiger partial charge is 0.478 e. The number of aromatic carboxylic acids is 1. The Morgan fingerprint density at radius 3 is 2.42 bits per heavy atom. The summed E-state index contributed by atoms with van der Waals surface area (Å²) in [5.74, 6) is -1.01. The van der Waals surface area contributed by atoms with Crippen LogP contribution in [0.25, 0.3) is 11.0 Å². The van der Waals surface area contributed by atoms with Crippen LogP contribution >= 0.6 is 22.6 Å². The lowest BCUT2D eigenvalue weighted by atomic mass is 9.91. The van der Waals surface area contributed by atoms with Gasteiger partial charge in [-0.1, -0.05) is 19.6 Å². The van der Waals surface area contributed by atoms with Crippen LogP contribution in [0.2, 0.25) is 25.7 Å². The molecule has 200 valence electrons. The van der Waals surface area contributed by atoms with Crippen molar-refractivity contribution in [2.24, 2.45) is 0 Å². The second-order valence-electron chi connectivity index (χ2n) is 11.7. The monoisotopic (exact) mass is 630 g/mol. The van der Waals surface area contributed by atoms with E-state index < -0.39 is 25.7 Å². The quantitative estimate of drug-likeness (QED) is 0.180. The first-order valence-corrected chi connectivity index (χ1v) is 17.3. The molecule has 0 saturated heterocycles. The van der Waals surface area contributed by atoms with Crippen molar-refractivity contribution in [3.8, 4) is 0 Å². The lowest BCUT2D eigenvalue weighted by Crippen LogP contribution is -2.42. The summed E-state index contributed by atoms with van der Waals surface area (Å²) >= 11 is 2.25. The summed E-state index contributed by atoms with van der Waals surface area (Å²) in [6.07, 6.45) is 4.22. The van der Waals surface area contributed by atoms with Crippen LogP contribution in [0.15, 0.2) is 12.3 Å². The molecule has 11 heteroatoms. The van der Waals surface area contributed by atoms with Crippen molar-refractivity contribution in [2.75, 3.05) is 11.9 Å². The zero-order chi connectivity index (χ0) is 26.7. The highest BCUT2D eigenvalue weighted by atomic mass is 127. The summed E-state index contributed by atoms with van der Waals surface area (Å²) in [5.41, 5.74) is 0.926. The Bertz CT molecular complexity index is 1080. The number of carbonyl (C=O) groups excluding carboxylic acids is 1. The van der Waals surface area contributed by atoms with Gasteiger partial charge in [-0.15, -0.1) is 0 Å². The summed E-state index contributed by atoms with van der Waals surface area (Å²) in [5, 5.41) is 17.1. The number of nitrogens with one attached hydrogen (secondary N) is 2. The lowest BCUT2D eigenvalue weighted by molar-refractivity contribution is 0.0491. The highest BCUT2D eigenvalue weighted by Crippen LogP contribution is 2.32. The van der Waals surface area contributed by atoms with Crippen LogP contribution in [0.1, 0.15) is 56.8 Å². The molecule has 1 aliphatic carbocycles. The number of carboxylic acids is 1. The number of halogens is 1. The van der Waals surface area contributed by atoms with Gasteiger partial charge in [0.25, 0.3) is 0 Å². The number of carbonyl (C=O) groups is 2. The van der Waals surface area contributed by atoms with Gasteiger partial charge in [0.2, 0.25) is 0 Å². The van der Waals surface area contributed by atoms with Gasteiger partial charge in [-0.05, 0) is 81.2 Å². The molecular formula is C25H39IN4O5Si. The number of carboxylic acid groups (broad SMARTS) is 1. The first-order chi connectivity index (χ1) is 16.7. The van der Waals surface area contributed by atoms with E-state index in [1.165, 1.54) is 6.20 Å². The predicted molar refractivity (Wildman–Crippen MR) is 153 cm³/mol. The molecule has 3 N–H and O–H groups in total. The van der Waals surface area contributed by atoms with Crippen LogP contribution in [0.3, 0.4) is 0 Å². The molecule has 2 heterocycles. The predicted octanol–water partition coefficient (Wildman–Crippen LogP) is 5.90. The van der Waals surface area contributed by atoms with Crippen LogP contribution in [0.4, 0.5) is 10.5 Å². The number of alkyl carbamates (subject to hydrolysis) is 1. The fourth-order valence-electron chi connectivity index (χ4n) is 4.20. The molecule has 0 unspecified atom stereocenters. The fourth-order valence-corrected chi connectivity index (χ4v) is 5.64. The minimum atomic E-state index is -1.18. The number of hydrogen-bond donors (Lipinski definition) is 3. The van der Waals surface area contributed by atoms with Crippen molar-refractivity contribution in [3.63, 3.8) is 0 Å². The SMILES string of the molecule is CC(C)(C)OC(=O)NC1CCC(Nc2c(C(=O)O)cnc3c2cc(I)n3COCC[Si](C)(C)C)CC1. The Hall–Kier alpha value is -1.86. The van der Waals surface area contributed by atoms with E-state index in [9.17, 15) is 14.7 Å². The van der Waals surface area contributed by atoms with Crippen LogP contribution in [-0.2, 0) is 16.2 Å². The third-order valence-electron chi connectivity index (χ3n) is 6.12. The molecule has 0 aromatic carbocycles. The molecule has 36 heavy (non-hydrogen) atoms. The molecule has 0 aliphatic heterocycles. The molecule has 2 aromatic rings. The molecule has 1 saturated carbocycles. The number of anilines is 1. The van der Waals surface area contributed by atoms with E-state index in [1.54, 1.807) is 0 Å². The summed E-state index contributed by atoms with van der Waals surface area (Å²) in [6.45, 7) is 13.6. The van der Waals surface area contributed by atoms with Gasteiger partial charge in [0.05, 0.1) is 9.39 Å². The van der Waals surface area contributed by atoms with Gasteiger partial charge in [0.15, 0.2) is 0 Å². The van der Waals surface area contributed by atoms with Crippen LogP contribution < -0.4 is 10.6 Å². The van der Waals surface area contributed by atoms with Gasteiger partial charge in [-0.3, -0.25) is 4.57 Å². The zero-order valence-corrected chi connectivity index (χ0v) is 25.3. The number of aromatic nitrogens is 2. The third-order valence-corrected chi connectivity index (χ3v) is 8.71. The van der Waals surface area contributed by atoms with Crippen LogP contribution in [-0.4, -0.2) is 59.1 Å². The Morgan fingerprint density at radius 1 is 1.19 bits per heavy atom. The minimum absolute atomic E-state index is 0.0460. The maximum absolute atomic E-state index is 12.1.